The molecule has 0 radical (unpaired) electrons. The molecule has 27 heavy (non-hydrogen) atoms. The molecule has 1 spiro atoms. The molecule has 0 atom stereocenters. The predicted molar refractivity (Wildman–Crippen MR) is 112 cm³/mol. The van der Waals surface area contributed by atoms with Crippen molar-refractivity contribution in [3.63, 3.8) is 0 Å². The molecule has 2 aliphatic heterocycles. The molecule has 4 heterocycles. The molecule has 0 aliphatic carbocycles. The van der Waals surface area contributed by atoms with E-state index in [1.807, 2.05) is 0 Å². The maximum absolute atomic E-state index is 4.86. The average Bonchev–Trinajstić information content (AvgIpc) is 3.37. The van der Waals surface area contributed by atoms with Gasteiger partial charge >= 0.3 is 0 Å². The fourth-order valence-electron chi connectivity index (χ4n) is 4.55. The van der Waals surface area contributed by atoms with Crippen molar-refractivity contribution in [1.29, 1.82) is 0 Å². The van der Waals surface area contributed by atoms with Gasteiger partial charge in [-0.25, -0.2) is 4.98 Å². The number of nitrogens with one attached hydrogen (secondary N) is 1. The van der Waals surface area contributed by atoms with E-state index < -0.39 is 0 Å². The third-order valence-corrected chi connectivity index (χ3v) is 7.04. The second-order valence-corrected chi connectivity index (χ2v) is 8.45. The molecular weight excluding hydrogens is 352 g/mol. The number of rotatable bonds is 1. The normalized spacial score (nSPS) is 17.6. The zero-order chi connectivity index (χ0) is 17.8. The average molecular weight is 372 g/mol. The molecule has 1 fully saturated rings. The lowest BCUT2D eigenvalue weighted by atomic mass is 9.82. The van der Waals surface area contributed by atoms with Crippen LogP contribution in [0.5, 0.6) is 0 Å². The zero-order valence-electron chi connectivity index (χ0n) is 14.9. The van der Waals surface area contributed by atoms with Crippen LogP contribution in [0.2, 0.25) is 0 Å². The number of aromatic nitrogens is 2. The van der Waals surface area contributed by atoms with Gasteiger partial charge in [-0.15, -0.1) is 0 Å². The molecule has 6 rings (SSSR count). The number of benzene rings is 2. The minimum Gasteiger partial charge on any atom is -0.372 e. The number of nitrogens with zero attached hydrogens (tertiary/aromatic N) is 3. The highest BCUT2D eigenvalue weighted by atomic mass is 32.1. The molecule has 1 N–H and O–H groups in total. The van der Waals surface area contributed by atoms with Gasteiger partial charge < -0.3 is 14.8 Å². The van der Waals surface area contributed by atoms with Gasteiger partial charge in [0.1, 0.15) is 0 Å². The number of para-hydroxylation sites is 3. The Balaban J connectivity index is 1.33. The van der Waals surface area contributed by atoms with Crippen LogP contribution in [0.1, 0.15) is 18.5 Å². The molecule has 4 nitrogen and oxygen atoms in total. The predicted octanol–water partition coefficient (Wildman–Crippen LogP) is 5.01. The van der Waals surface area contributed by atoms with Crippen molar-refractivity contribution in [3.05, 3.63) is 72.6 Å². The van der Waals surface area contributed by atoms with Crippen molar-refractivity contribution in [2.45, 2.75) is 18.4 Å². The van der Waals surface area contributed by atoms with Crippen LogP contribution in [-0.2, 0) is 5.54 Å². The van der Waals surface area contributed by atoms with Crippen LogP contribution in [0.3, 0.4) is 0 Å². The Morgan fingerprint density at radius 2 is 1.74 bits per heavy atom. The van der Waals surface area contributed by atoms with Crippen LogP contribution in [0.25, 0.3) is 15.9 Å². The van der Waals surface area contributed by atoms with Crippen molar-refractivity contribution < 1.29 is 0 Å². The molecule has 0 bridgehead atoms. The summed E-state index contributed by atoms with van der Waals surface area (Å²) >= 11 is 1.80. The molecule has 0 unspecified atom stereocenters. The van der Waals surface area contributed by atoms with Gasteiger partial charge in [0, 0.05) is 25.0 Å². The van der Waals surface area contributed by atoms with Gasteiger partial charge in [0.25, 0.3) is 0 Å². The van der Waals surface area contributed by atoms with Gasteiger partial charge in [-0.2, -0.15) is 0 Å². The summed E-state index contributed by atoms with van der Waals surface area (Å²) in [7, 11) is 0. The summed E-state index contributed by atoms with van der Waals surface area (Å²) in [6.07, 6.45) is 4.33. The number of hydrogen-bond donors (Lipinski definition) is 1. The van der Waals surface area contributed by atoms with E-state index in [-0.39, 0.29) is 5.54 Å². The van der Waals surface area contributed by atoms with E-state index >= 15 is 0 Å². The molecule has 5 heteroatoms. The smallest absolute Gasteiger partial charge is 0.186 e. The topological polar surface area (TPSA) is 33.1 Å². The van der Waals surface area contributed by atoms with Gasteiger partial charge in [0.05, 0.1) is 27.1 Å². The third-order valence-electron chi connectivity index (χ3n) is 5.95. The van der Waals surface area contributed by atoms with Gasteiger partial charge in [0.2, 0.25) is 0 Å². The molecule has 1 saturated heterocycles. The van der Waals surface area contributed by atoms with Crippen molar-refractivity contribution in [3.8, 4) is 5.69 Å². The minimum atomic E-state index is 0.00500. The highest BCUT2D eigenvalue weighted by Crippen LogP contribution is 2.44. The SMILES string of the molecule is c1ccc2c(c1)NC1(CCN(c3nc4ccccc4s3)CC1)c1cccn1-2. The summed E-state index contributed by atoms with van der Waals surface area (Å²) in [5, 5.41) is 5.04. The van der Waals surface area contributed by atoms with E-state index in [4.69, 9.17) is 4.98 Å². The first kappa shape index (κ1) is 15.3. The largest absolute Gasteiger partial charge is 0.372 e. The summed E-state index contributed by atoms with van der Waals surface area (Å²) < 4.78 is 3.63. The Hall–Kier alpha value is -2.79. The van der Waals surface area contributed by atoms with E-state index in [0.29, 0.717) is 0 Å². The van der Waals surface area contributed by atoms with Crippen molar-refractivity contribution in [2.24, 2.45) is 0 Å². The number of fused-ring (bicyclic) bond motifs is 5. The first-order valence-electron chi connectivity index (χ1n) is 9.48. The van der Waals surface area contributed by atoms with E-state index in [1.54, 1.807) is 11.3 Å². The van der Waals surface area contributed by atoms with Crippen LogP contribution in [-0.4, -0.2) is 22.6 Å². The second-order valence-electron chi connectivity index (χ2n) is 7.44. The molecule has 0 saturated carbocycles. The lowest BCUT2D eigenvalue weighted by Crippen LogP contribution is -2.49. The first-order valence-corrected chi connectivity index (χ1v) is 10.3. The summed E-state index contributed by atoms with van der Waals surface area (Å²) in [4.78, 5) is 7.31. The van der Waals surface area contributed by atoms with Crippen molar-refractivity contribution >= 4 is 32.4 Å². The summed E-state index contributed by atoms with van der Waals surface area (Å²) in [5.41, 5.74) is 4.97. The maximum Gasteiger partial charge on any atom is 0.186 e. The fraction of sp³-hybridized carbons (Fsp3) is 0.227. The molecule has 134 valence electrons. The number of thiazole rings is 1. The molecule has 4 aromatic rings. The van der Waals surface area contributed by atoms with E-state index in [2.05, 4.69) is 81.6 Å². The van der Waals surface area contributed by atoms with Crippen LogP contribution in [0.4, 0.5) is 10.8 Å². The van der Waals surface area contributed by atoms with Gasteiger partial charge in [-0.05, 0) is 49.2 Å². The van der Waals surface area contributed by atoms with Crippen LogP contribution < -0.4 is 10.2 Å². The number of hydrogen-bond acceptors (Lipinski definition) is 4. The summed E-state index contributed by atoms with van der Waals surface area (Å²) in [5.74, 6) is 0. The Labute approximate surface area is 162 Å². The third kappa shape index (κ3) is 2.24. The fourth-order valence-corrected chi connectivity index (χ4v) is 5.57. The molecule has 2 aromatic heterocycles. The van der Waals surface area contributed by atoms with Gasteiger partial charge in [-0.3, -0.25) is 0 Å². The van der Waals surface area contributed by atoms with Crippen LogP contribution in [0, 0.1) is 0 Å². The van der Waals surface area contributed by atoms with Crippen molar-refractivity contribution in [2.75, 3.05) is 23.3 Å². The van der Waals surface area contributed by atoms with E-state index in [9.17, 15) is 0 Å². The minimum absolute atomic E-state index is 0.00500. The van der Waals surface area contributed by atoms with E-state index in [1.165, 1.54) is 21.8 Å². The number of piperidine rings is 1. The highest BCUT2D eigenvalue weighted by Gasteiger charge is 2.41. The van der Waals surface area contributed by atoms with Gasteiger partial charge in [0.15, 0.2) is 5.13 Å². The standard InChI is InChI=1S/C22H20N4S/c1-3-8-18-16(6-1)24-22(20-10-5-13-26(18)20)11-14-25(15-12-22)21-23-17-7-2-4-9-19(17)27-21/h1-10,13,24H,11-12,14-15H2. The Morgan fingerprint density at radius 1 is 0.926 bits per heavy atom. The highest BCUT2D eigenvalue weighted by molar-refractivity contribution is 7.22. The second kappa shape index (κ2) is 5.60. The first-order chi connectivity index (χ1) is 13.3. The molecule has 0 amide bonds. The molecular formula is C22H20N4S. The van der Waals surface area contributed by atoms with Crippen LogP contribution in [0.15, 0.2) is 66.9 Å². The van der Waals surface area contributed by atoms with E-state index in [0.717, 1.165) is 36.6 Å². The van der Waals surface area contributed by atoms with Gasteiger partial charge in [-0.1, -0.05) is 35.6 Å². The maximum atomic E-state index is 4.86. The number of anilines is 2. The summed E-state index contributed by atoms with van der Waals surface area (Å²) in [6, 6.07) is 21.5. The molecule has 2 aromatic carbocycles. The lowest BCUT2D eigenvalue weighted by molar-refractivity contribution is 0.356. The monoisotopic (exact) mass is 372 g/mol. The molecule has 2 aliphatic rings. The Kier molecular flexibility index (Phi) is 3.17. The Bertz CT molecular complexity index is 1100. The van der Waals surface area contributed by atoms with Crippen LogP contribution >= 0.6 is 11.3 Å². The van der Waals surface area contributed by atoms with Crippen molar-refractivity contribution in [1.82, 2.24) is 9.55 Å². The quantitative estimate of drug-likeness (QED) is 0.510. The lowest BCUT2D eigenvalue weighted by Gasteiger charge is -2.46. The zero-order valence-corrected chi connectivity index (χ0v) is 15.7. The Morgan fingerprint density at radius 3 is 2.63 bits per heavy atom. The summed E-state index contributed by atoms with van der Waals surface area (Å²) in [6.45, 7) is 2.03.